The fourth-order valence-corrected chi connectivity index (χ4v) is 5.76. The number of unbranched alkanes of at least 4 members (excludes halogenated alkanes) is 22. The van der Waals surface area contributed by atoms with Crippen LogP contribution < -0.4 is 0 Å². The second-order valence-electron chi connectivity index (χ2n) is 14.1. The molecule has 0 aromatic carbocycles. The van der Waals surface area contributed by atoms with Gasteiger partial charge < -0.3 is 14.4 Å². The van der Waals surface area contributed by atoms with Gasteiger partial charge in [-0.15, -0.1) is 12.4 Å². The van der Waals surface area contributed by atoms with Crippen molar-refractivity contribution in [2.24, 2.45) is 0 Å². The van der Waals surface area contributed by atoms with Crippen LogP contribution in [0, 0.1) is 0 Å². The molecule has 5 nitrogen and oxygen atoms in total. The first kappa shape index (κ1) is 48.8. The third kappa shape index (κ3) is 39.1. The second-order valence-corrected chi connectivity index (χ2v) is 14.1. The number of rotatable bonds is 36. The van der Waals surface area contributed by atoms with Crippen molar-refractivity contribution in [3.05, 3.63) is 24.3 Å². The van der Waals surface area contributed by atoms with Crippen molar-refractivity contribution in [2.75, 3.05) is 27.2 Å². The molecule has 0 amide bonds. The highest BCUT2D eigenvalue weighted by Crippen LogP contribution is 2.13. The lowest BCUT2D eigenvalue weighted by Crippen LogP contribution is -2.29. The minimum Gasteiger partial charge on any atom is -0.462 e. The van der Waals surface area contributed by atoms with E-state index in [1.54, 1.807) is 0 Å². The van der Waals surface area contributed by atoms with E-state index >= 15 is 0 Å². The molecule has 1 atom stereocenters. The molecule has 0 fully saturated rings. The Labute approximate surface area is 305 Å². The van der Waals surface area contributed by atoms with E-state index in [-0.39, 0.29) is 37.1 Å². The monoisotopic (exact) mass is 698 g/mol. The second kappa shape index (κ2) is 40.1. The summed E-state index contributed by atoms with van der Waals surface area (Å²) in [5.74, 6) is -0.342. The number of carbonyl (C=O) groups excluding carboxylic acids is 2. The van der Waals surface area contributed by atoms with Crippen LogP contribution in [-0.4, -0.2) is 50.2 Å². The highest BCUT2D eigenvalue weighted by atomic mass is 35.5. The van der Waals surface area contributed by atoms with Crippen LogP contribution in [0.25, 0.3) is 0 Å². The van der Waals surface area contributed by atoms with Crippen molar-refractivity contribution in [3.8, 4) is 0 Å². The Morgan fingerprint density at radius 3 is 1.27 bits per heavy atom. The van der Waals surface area contributed by atoms with Crippen LogP contribution in [0.4, 0.5) is 0 Å². The maximum atomic E-state index is 12.5. The molecule has 0 aliphatic rings. The molecule has 0 aromatic heterocycles. The van der Waals surface area contributed by atoms with Crippen LogP contribution in [0.3, 0.4) is 0 Å². The maximum Gasteiger partial charge on any atom is 0.306 e. The number of nitrogens with zero attached hydrogens (tertiary/aromatic N) is 1. The zero-order valence-corrected chi connectivity index (χ0v) is 33.1. The molecule has 6 heteroatoms. The Balaban J connectivity index is 0. The van der Waals surface area contributed by atoms with Gasteiger partial charge in [0.1, 0.15) is 12.7 Å². The smallest absolute Gasteiger partial charge is 0.306 e. The van der Waals surface area contributed by atoms with Crippen molar-refractivity contribution in [1.82, 2.24) is 4.90 Å². The van der Waals surface area contributed by atoms with Gasteiger partial charge in [-0.2, -0.15) is 0 Å². The van der Waals surface area contributed by atoms with Crippen LogP contribution >= 0.6 is 12.4 Å². The zero-order valence-electron chi connectivity index (χ0n) is 32.3. The van der Waals surface area contributed by atoms with Gasteiger partial charge in [0, 0.05) is 25.8 Å². The largest absolute Gasteiger partial charge is 0.462 e. The van der Waals surface area contributed by atoms with E-state index in [1.807, 2.05) is 14.1 Å². The number of hydrogen-bond acceptors (Lipinski definition) is 5. The van der Waals surface area contributed by atoms with Gasteiger partial charge in [-0.25, -0.2) is 0 Å². The first-order valence-electron chi connectivity index (χ1n) is 20.3. The molecule has 0 radical (unpaired) electrons. The van der Waals surface area contributed by atoms with Crippen molar-refractivity contribution < 1.29 is 19.1 Å². The predicted octanol–water partition coefficient (Wildman–Crippen LogP) is 12.9. The molecule has 1 unspecified atom stereocenters. The van der Waals surface area contributed by atoms with Gasteiger partial charge >= 0.3 is 11.9 Å². The van der Waals surface area contributed by atoms with E-state index in [0.717, 1.165) is 45.1 Å². The Hall–Kier alpha value is -1.33. The molecule has 0 N–H and O–H groups in total. The lowest BCUT2D eigenvalue weighted by atomic mass is 10.1. The normalized spacial score (nSPS) is 12.2. The molecule has 0 aromatic rings. The third-order valence-electron chi connectivity index (χ3n) is 8.91. The van der Waals surface area contributed by atoms with E-state index < -0.39 is 0 Å². The molecule has 0 spiro atoms. The van der Waals surface area contributed by atoms with Crippen LogP contribution in [0.15, 0.2) is 24.3 Å². The number of allylic oxidation sites excluding steroid dienone is 4. The molecule has 0 aliphatic carbocycles. The summed E-state index contributed by atoms with van der Waals surface area (Å²) in [6, 6.07) is 0. The van der Waals surface area contributed by atoms with Crippen LogP contribution in [0.2, 0.25) is 0 Å². The number of ether oxygens (including phenoxy) is 2. The maximum absolute atomic E-state index is 12.5. The molecule has 0 heterocycles. The van der Waals surface area contributed by atoms with E-state index in [9.17, 15) is 9.59 Å². The molecule has 0 aliphatic heterocycles. The fourth-order valence-electron chi connectivity index (χ4n) is 5.76. The fraction of sp³-hybridized carbons (Fsp3) is 0.857. The molecule has 0 saturated heterocycles. The number of hydrogen-bond donors (Lipinski definition) is 0. The summed E-state index contributed by atoms with van der Waals surface area (Å²) in [5.41, 5.74) is 0. The van der Waals surface area contributed by atoms with Crippen LogP contribution in [-0.2, 0) is 19.1 Å². The summed E-state index contributed by atoms with van der Waals surface area (Å²) < 4.78 is 11.3. The van der Waals surface area contributed by atoms with Crippen molar-refractivity contribution in [3.63, 3.8) is 0 Å². The number of carbonyl (C=O) groups is 2. The van der Waals surface area contributed by atoms with Gasteiger partial charge in [0.25, 0.3) is 0 Å². The average molecular weight is 699 g/mol. The molecular formula is C42H80ClNO4. The minimum absolute atomic E-state index is 0. The highest BCUT2D eigenvalue weighted by Gasteiger charge is 2.17. The highest BCUT2D eigenvalue weighted by molar-refractivity contribution is 5.85. The average Bonchev–Trinajstić information content (AvgIpc) is 3.05. The van der Waals surface area contributed by atoms with Gasteiger partial charge in [-0.1, -0.05) is 141 Å². The summed E-state index contributed by atoms with van der Waals surface area (Å²) in [4.78, 5) is 26.9. The summed E-state index contributed by atoms with van der Waals surface area (Å²) in [6.45, 7) is 5.49. The van der Waals surface area contributed by atoms with E-state index in [2.05, 4.69) is 43.1 Å². The van der Waals surface area contributed by atoms with Gasteiger partial charge in [-0.05, 0) is 78.3 Å². The third-order valence-corrected chi connectivity index (χ3v) is 8.91. The Bertz CT molecular complexity index is 739. The Morgan fingerprint density at radius 1 is 0.521 bits per heavy atom. The van der Waals surface area contributed by atoms with E-state index in [1.165, 1.54) is 128 Å². The first-order chi connectivity index (χ1) is 23.0. The molecule has 48 heavy (non-hydrogen) atoms. The molecule has 0 bridgehead atoms. The summed E-state index contributed by atoms with van der Waals surface area (Å²) in [5, 5.41) is 0. The minimum atomic E-state index is -0.369. The lowest BCUT2D eigenvalue weighted by molar-refractivity contribution is -0.159. The van der Waals surface area contributed by atoms with Crippen LogP contribution in [0.5, 0.6) is 0 Å². The molecule has 0 rings (SSSR count). The van der Waals surface area contributed by atoms with E-state index in [4.69, 9.17) is 9.47 Å². The topological polar surface area (TPSA) is 55.8 Å². The first-order valence-corrected chi connectivity index (χ1v) is 20.3. The molecule has 0 saturated carbocycles. The van der Waals surface area contributed by atoms with Crippen molar-refractivity contribution in [2.45, 2.75) is 206 Å². The van der Waals surface area contributed by atoms with Crippen molar-refractivity contribution in [1.29, 1.82) is 0 Å². The number of esters is 2. The Morgan fingerprint density at radius 2 is 0.875 bits per heavy atom. The number of halogens is 1. The summed E-state index contributed by atoms with van der Waals surface area (Å²) >= 11 is 0. The molecular weight excluding hydrogens is 618 g/mol. The predicted molar refractivity (Wildman–Crippen MR) is 210 cm³/mol. The van der Waals surface area contributed by atoms with E-state index in [0.29, 0.717) is 19.3 Å². The van der Waals surface area contributed by atoms with Gasteiger partial charge in [-0.3, -0.25) is 9.59 Å². The quantitative estimate of drug-likeness (QED) is 0.0370. The summed E-state index contributed by atoms with van der Waals surface area (Å²) in [6.07, 6.45) is 42.8. The van der Waals surface area contributed by atoms with Crippen LogP contribution in [0.1, 0.15) is 200 Å². The molecule has 284 valence electrons. The van der Waals surface area contributed by atoms with Gasteiger partial charge in [0.2, 0.25) is 0 Å². The van der Waals surface area contributed by atoms with Crippen molar-refractivity contribution >= 4 is 24.3 Å². The van der Waals surface area contributed by atoms with Gasteiger partial charge in [0.05, 0.1) is 0 Å². The SMILES string of the molecule is CCCCCCCC/C=C\CCCCCCCC(=O)OCC(CCN(C)C)OC(=O)CCCCCCC/C=C\CCCCCCCC.Cl. The summed E-state index contributed by atoms with van der Waals surface area (Å²) in [7, 11) is 4.01. The Kier molecular flexibility index (Phi) is 40.8. The lowest BCUT2D eigenvalue weighted by Gasteiger charge is -2.20. The standard InChI is InChI=1S/C42H79NO4.ClH/c1-5-7-9-11-13-15-17-19-21-23-25-27-29-31-33-35-41(44)46-39-40(37-38-43(3)4)47-42(45)36-34-32-30-28-26-24-22-20-18-16-14-12-10-8-6-2;/h19-22,40H,5-18,23-39H2,1-4H3;1H/b21-19-,22-20-;. The zero-order chi connectivity index (χ0) is 34.5. The van der Waals surface area contributed by atoms with Gasteiger partial charge in [0.15, 0.2) is 0 Å².